The minimum absolute atomic E-state index is 0.145. The quantitative estimate of drug-likeness (QED) is 0.814. The summed E-state index contributed by atoms with van der Waals surface area (Å²) in [6.45, 7) is 4.06. The predicted octanol–water partition coefficient (Wildman–Crippen LogP) is 4.20. The Morgan fingerprint density at radius 1 is 1.30 bits per heavy atom. The maximum Gasteiger partial charge on any atom is 0.172 e. The van der Waals surface area contributed by atoms with E-state index in [4.69, 9.17) is 12.2 Å². The van der Waals surface area contributed by atoms with Crippen LogP contribution in [-0.4, -0.2) is 10.1 Å². The first kappa shape index (κ1) is 14.9. The minimum Gasteiger partial charge on any atom is -0.356 e. The van der Waals surface area contributed by atoms with Gasteiger partial charge >= 0.3 is 0 Å². The molecule has 0 amide bonds. The van der Waals surface area contributed by atoms with E-state index in [0.29, 0.717) is 5.11 Å². The molecule has 2 aromatic rings. The highest BCUT2D eigenvalue weighted by Crippen LogP contribution is 2.17. The first-order chi connectivity index (χ1) is 9.56. The molecule has 0 aliphatic heterocycles. The fourth-order valence-electron chi connectivity index (χ4n) is 1.84. The second-order valence-electron chi connectivity index (χ2n) is 4.55. The van der Waals surface area contributed by atoms with Gasteiger partial charge in [0.05, 0.1) is 6.04 Å². The highest BCUT2D eigenvalue weighted by atomic mass is 79.9. The van der Waals surface area contributed by atoms with Gasteiger partial charge in [-0.3, -0.25) is 0 Å². The summed E-state index contributed by atoms with van der Waals surface area (Å²) < 4.78 is 0.956. The van der Waals surface area contributed by atoms with E-state index in [2.05, 4.69) is 50.6 Å². The molecule has 1 aromatic heterocycles. The molecule has 20 heavy (non-hydrogen) atoms. The average Bonchev–Trinajstić information content (AvgIpc) is 2.43. The monoisotopic (exact) mass is 349 g/mol. The summed E-state index contributed by atoms with van der Waals surface area (Å²) in [5, 5.41) is 6.95. The van der Waals surface area contributed by atoms with Crippen molar-refractivity contribution in [3.8, 4) is 0 Å². The number of benzene rings is 1. The molecular weight excluding hydrogens is 334 g/mol. The molecule has 0 aliphatic carbocycles. The fraction of sp³-hybridized carbons (Fsp3) is 0.200. The predicted molar refractivity (Wildman–Crippen MR) is 90.9 cm³/mol. The molecule has 0 radical (unpaired) electrons. The van der Waals surface area contributed by atoms with Gasteiger partial charge in [-0.25, -0.2) is 4.98 Å². The zero-order valence-electron chi connectivity index (χ0n) is 11.4. The second kappa shape index (κ2) is 6.81. The minimum atomic E-state index is 0.145. The Balaban J connectivity index is 1.99. The lowest BCUT2D eigenvalue weighted by molar-refractivity contribution is 0.722. The van der Waals surface area contributed by atoms with Crippen LogP contribution in [0.4, 0.5) is 5.82 Å². The molecule has 1 aromatic carbocycles. The van der Waals surface area contributed by atoms with Crippen molar-refractivity contribution in [2.75, 3.05) is 5.32 Å². The molecule has 0 saturated heterocycles. The number of hydrogen-bond donors (Lipinski definition) is 2. The number of anilines is 1. The Labute approximate surface area is 132 Å². The maximum atomic E-state index is 5.33. The van der Waals surface area contributed by atoms with Gasteiger partial charge in [-0.2, -0.15) is 0 Å². The average molecular weight is 350 g/mol. The molecule has 0 saturated carbocycles. The molecule has 0 fully saturated rings. The standard InChI is InChI=1S/C15H16BrN3S/c1-10-8-13(16)9-17-14(10)19-15(20)18-11(2)12-6-4-3-5-7-12/h3-9,11H,1-2H3,(H2,17,18,19,20). The van der Waals surface area contributed by atoms with Crippen molar-refractivity contribution >= 4 is 39.1 Å². The van der Waals surface area contributed by atoms with Gasteiger partial charge in [0.2, 0.25) is 0 Å². The van der Waals surface area contributed by atoms with Crippen LogP contribution in [0.2, 0.25) is 0 Å². The van der Waals surface area contributed by atoms with Crippen molar-refractivity contribution in [2.24, 2.45) is 0 Å². The molecule has 0 aliphatic rings. The number of nitrogens with one attached hydrogen (secondary N) is 2. The molecule has 2 rings (SSSR count). The number of thiocarbonyl (C=S) groups is 1. The van der Waals surface area contributed by atoms with Crippen LogP contribution >= 0.6 is 28.1 Å². The third kappa shape index (κ3) is 4.02. The van der Waals surface area contributed by atoms with Gasteiger partial charge in [-0.15, -0.1) is 0 Å². The largest absolute Gasteiger partial charge is 0.356 e. The summed E-state index contributed by atoms with van der Waals surface area (Å²) in [7, 11) is 0. The lowest BCUT2D eigenvalue weighted by Crippen LogP contribution is -2.31. The lowest BCUT2D eigenvalue weighted by Gasteiger charge is -2.17. The molecule has 0 spiro atoms. The molecule has 2 N–H and O–H groups in total. The number of pyridine rings is 1. The van der Waals surface area contributed by atoms with E-state index in [0.717, 1.165) is 15.9 Å². The summed E-state index contributed by atoms with van der Waals surface area (Å²) in [6.07, 6.45) is 1.75. The molecule has 3 nitrogen and oxygen atoms in total. The van der Waals surface area contributed by atoms with E-state index in [1.54, 1.807) is 6.20 Å². The number of aromatic nitrogens is 1. The summed E-state index contributed by atoms with van der Waals surface area (Å²) in [6, 6.07) is 12.3. The van der Waals surface area contributed by atoms with Gasteiger partial charge in [-0.05, 0) is 59.2 Å². The van der Waals surface area contributed by atoms with Crippen LogP contribution in [0.25, 0.3) is 0 Å². The van der Waals surface area contributed by atoms with Crippen molar-refractivity contribution < 1.29 is 0 Å². The Kier molecular flexibility index (Phi) is 5.09. The number of aryl methyl sites for hydroxylation is 1. The van der Waals surface area contributed by atoms with Gasteiger partial charge < -0.3 is 10.6 Å². The van der Waals surface area contributed by atoms with Crippen molar-refractivity contribution in [3.63, 3.8) is 0 Å². The SMILES string of the molecule is Cc1cc(Br)cnc1NC(=S)NC(C)c1ccccc1. The highest BCUT2D eigenvalue weighted by molar-refractivity contribution is 9.10. The van der Waals surface area contributed by atoms with Crippen LogP contribution in [-0.2, 0) is 0 Å². The third-order valence-electron chi connectivity index (χ3n) is 2.92. The molecule has 1 atom stereocenters. The van der Waals surface area contributed by atoms with Gasteiger partial charge in [-0.1, -0.05) is 30.3 Å². The number of hydrogen-bond acceptors (Lipinski definition) is 2. The van der Waals surface area contributed by atoms with Crippen LogP contribution < -0.4 is 10.6 Å². The van der Waals surface area contributed by atoms with E-state index < -0.39 is 0 Å². The first-order valence-corrected chi connectivity index (χ1v) is 7.51. The number of halogens is 1. The van der Waals surface area contributed by atoms with E-state index in [-0.39, 0.29) is 6.04 Å². The maximum absolute atomic E-state index is 5.33. The topological polar surface area (TPSA) is 37.0 Å². The van der Waals surface area contributed by atoms with E-state index >= 15 is 0 Å². The van der Waals surface area contributed by atoms with Gasteiger partial charge in [0, 0.05) is 10.7 Å². The summed E-state index contributed by atoms with van der Waals surface area (Å²) >= 11 is 8.73. The fourth-order valence-corrected chi connectivity index (χ4v) is 2.56. The van der Waals surface area contributed by atoms with Crippen LogP contribution in [0.5, 0.6) is 0 Å². The lowest BCUT2D eigenvalue weighted by atomic mass is 10.1. The zero-order chi connectivity index (χ0) is 14.5. The Morgan fingerprint density at radius 2 is 2.00 bits per heavy atom. The van der Waals surface area contributed by atoms with Gasteiger partial charge in [0.25, 0.3) is 0 Å². The first-order valence-electron chi connectivity index (χ1n) is 6.31. The molecule has 1 unspecified atom stereocenters. The third-order valence-corrected chi connectivity index (χ3v) is 3.58. The summed E-state index contributed by atoms with van der Waals surface area (Å²) in [5.74, 6) is 0.769. The number of rotatable bonds is 3. The molecule has 104 valence electrons. The number of nitrogens with zero attached hydrogens (tertiary/aromatic N) is 1. The zero-order valence-corrected chi connectivity index (χ0v) is 13.8. The van der Waals surface area contributed by atoms with Crippen molar-refractivity contribution in [3.05, 3.63) is 58.2 Å². The van der Waals surface area contributed by atoms with Crippen LogP contribution in [0.3, 0.4) is 0 Å². The van der Waals surface area contributed by atoms with E-state index in [1.165, 1.54) is 5.56 Å². The summed E-state index contributed by atoms with van der Waals surface area (Å²) in [5.41, 5.74) is 2.23. The van der Waals surface area contributed by atoms with Crippen LogP contribution in [0.15, 0.2) is 47.1 Å². The van der Waals surface area contributed by atoms with Crippen molar-refractivity contribution in [2.45, 2.75) is 19.9 Å². The Bertz CT molecular complexity index is 601. The van der Waals surface area contributed by atoms with E-state index in [1.807, 2.05) is 31.2 Å². The van der Waals surface area contributed by atoms with E-state index in [9.17, 15) is 0 Å². The second-order valence-corrected chi connectivity index (χ2v) is 5.87. The van der Waals surface area contributed by atoms with Crippen LogP contribution in [0, 0.1) is 6.92 Å². The van der Waals surface area contributed by atoms with Gasteiger partial charge in [0.1, 0.15) is 5.82 Å². The molecule has 0 bridgehead atoms. The van der Waals surface area contributed by atoms with Crippen LogP contribution in [0.1, 0.15) is 24.1 Å². The molecule has 5 heteroatoms. The van der Waals surface area contributed by atoms with Crippen molar-refractivity contribution in [1.82, 2.24) is 10.3 Å². The smallest absolute Gasteiger partial charge is 0.172 e. The Morgan fingerprint density at radius 3 is 2.65 bits per heavy atom. The van der Waals surface area contributed by atoms with Crippen molar-refractivity contribution in [1.29, 1.82) is 0 Å². The van der Waals surface area contributed by atoms with Gasteiger partial charge in [0.15, 0.2) is 5.11 Å². The Hall–Kier alpha value is -1.46. The highest BCUT2D eigenvalue weighted by Gasteiger charge is 2.08. The summed E-state index contributed by atoms with van der Waals surface area (Å²) in [4.78, 5) is 4.31. The molecule has 1 heterocycles. The normalized spacial score (nSPS) is 11.8. The molecular formula is C15H16BrN3S.